The summed E-state index contributed by atoms with van der Waals surface area (Å²) in [6, 6.07) is 14.3. The fourth-order valence-corrected chi connectivity index (χ4v) is 3.14. The first-order valence-electron chi connectivity index (χ1n) is 6.36. The normalized spacial score (nSPS) is 11.9. The second kappa shape index (κ2) is 5.31. The van der Waals surface area contributed by atoms with Gasteiger partial charge >= 0.3 is 0 Å². The average Bonchev–Trinajstić information content (AvgIpc) is 2.88. The first-order chi connectivity index (χ1) is 10.0. The Bertz CT molecular complexity index is 873. The van der Waals surface area contributed by atoms with E-state index >= 15 is 0 Å². The lowest BCUT2D eigenvalue weighted by Crippen LogP contribution is -2.23. The van der Waals surface area contributed by atoms with Gasteiger partial charge in [0.05, 0.1) is 11.4 Å². The second-order valence-electron chi connectivity index (χ2n) is 4.66. The van der Waals surface area contributed by atoms with Crippen molar-refractivity contribution >= 4 is 20.9 Å². The molecule has 3 aromatic rings. The molecule has 1 aromatic heterocycles. The zero-order chi connectivity index (χ0) is 14.9. The van der Waals surface area contributed by atoms with Crippen molar-refractivity contribution in [3.8, 4) is 0 Å². The maximum absolute atomic E-state index is 13.1. The van der Waals surface area contributed by atoms with Crippen LogP contribution in [0.15, 0.2) is 59.5 Å². The lowest BCUT2D eigenvalue weighted by molar-refractivity contribution is 0.580. The van der Waals surface area contributed by atoms with Gasteiger partial charge in [0.25, 0.3) is 0 Å². The molecule has 4 nitrogen and oxygen atoms in total. The van der Waals surface area contributed by atoms with Crippen molar-refractivity contribution in [2.45, 2.75) is 11.4 Å². The van der Waals surface area contributed by atoms with E-state index in [4.69, 9.17) is 0 Å². The highest BCUT2D eigenvalue weighted by Gasteiger charge is 2.13. The molecule has 1 heterocycles. The number of aromatic amines is 1. The van der Waals surface area contributed by atoms with Gasteiger partial charge in [0.2, 0.25) is 10.0 Å². The van der Waals surface area contributed by atoms with Gasteiger partial charge in [-0.25, -0.2) is 17.5 Å². The predicted molar refractivity (Wildman–Crippen MR) is 78.7 cm³/mol. The topological polar surface area (TPSA) is 62.0 Å². The van der Waals surface area contributed by atoms with Crippen LogP contribution in [0.1, 0.15) is 5.69 Å². The quantitative estimate of drug-likeness (QED) is 0.778. The molecule has 0 unspecified atom stereocenters. The van der Waals surface area contributed by atoms with Crippen LogP contribution >= 0.6 is 0 Å². The molecule has 0 radical (unpaired) electrons. The lowest BCUT2D eigenvalue weighted by atomic mass is 10.2. The number of halogens is 1. The molecule has 0 aliphatic heterocycles. The van der Waals surface area contributed by atoms with E-state index < -0.39 is 10.0 Å². The summed E-state index contributed by atoms with van der Waals surface area (Å²) in [7, 11) is -3.55. The highest BCUT2D eigenvalue weighted by molar-refractivity contribution is 7.89. The monoisotopic (exact) mass is 304 g/mol. The van der Waals surface area contributed by atoms with E-state index in [9.17, 15) is 12.8 Å². The number of rotatable bonds is 4. The Labute approximate surface area is 121 Å². The summed E-state index contributed by atoms with van der Waals surface area (Å²) in [5.74, 6) is -0.321. The van der Waals surface area contributed by atoms with Gasteiger partial charge in [0.15, 0.2) is 0 Å². The van der Waals surface area contributed by atoms with E-state index in [-0.39, 0.29) is 17.3 Å². The van der Waals surface area contributed by atoms with Crippen LogP contribution in [0.2, 0.25) is 0 Å². The number of H-pyrrole nitrogens is 1. The molecule has 3 rings (SSSR count). The third-order valence-electron chi connectivity index (χ3n) is 3.14. The molecule has 0 fully saturated rings. The summed E-state index contributed by atoms with van der Waals surface area (Å²) >= 11 is 0. The minimum absolute atomic E-state index is 0.119. The van der Waals surface area contributed by atoms with Crippen LogP contribution in [0.3, 0.4) is 0 Å². The zero-order valence-corrected chi connectivity index (χ0v) is 11.8. The Morgan fingerprint density at radius 2 is 1.81 bits per heavy atom. The van der Waals surface area contributed by atoms with Gasteiger partial charge in [-0.15, -0.1) is 0 Å². The number of fused-ring (bicyclic) bond motifs is 1. The molecular formula is C15H13FN2O2S. The second-order valence-corrected chi connectivity index (χ2v) is 6.43. The maximum atomic E-state index is 13.1. The molecule has 0 atom stereocenters. The van der Waals surface area contributed by atoms with Crippen molar-refractivity contribution in [1.82, 2.24) is 9.71 Å². The molecule has 6 heteroatoms. The molecule has 0 saturated heterocycles. The minimum Gasteiger partial charge on any atom is -0.357 e. The third-order valence-corrected chi connectivity index (χ3v) is 4.56. The predicted octanol–water partition coefficient (Wildman–Crippen LogP) is 2.79. The number of hydrogen-bond acceptors (Lipinski definition) is 2. The smallest absolute Gasteiger partial charge is 0.240 e. The molecule has 108 valence electrons. The molecule has 0 saturated carbocycles. The Balaban J connectivity index is 1.80. The van der Waals surface area contributed by atoms with Gasteiger partial charge in [-0.3, -0.25) is 0 Å². The van der Waals surface area contributed by atoms with Crippen molar-refractivity contribution < 1.29 is 12.8 Å². The van der Waals surface area contributed by atoms with E-state index in [0.29, 0.717) is 11.1 Å². The fraction of sp³-hybridized carbons (Fsp3) is 0.0667. The maximum Gasteiger partial charge on any atom is 0.240 e. The molecule has 2 N–H and O–H groups in total. The van der Waals surface area contributed by atoms with Gasteiger partial charge in [-0.1, -0.05) is 18.2 Å². The molecular weight excluding hydrogens is 291 g/mol. The SMILES string of the molecule is O=S(=O)(NCc1cc2cc(F)ccc2[nH]1)c1ccccc1. The van der Waals surface area contributed by atoms with Gasteiger partial charge in [-0.2, -0.15) is 0 Å². The standard InChI is InChI=1S/C15H13FN2O2S/c16-12-6-7-15-11(8-12)9-13(18-15)10-17-21(19,20)14-4-2-1-3-5-14/h1-9,17-18H,10H2. The van der Waals surface area contributed by atoms with E-state index in [1.54, 1.807) is 30.3 Å². The van der Waals surface area contributed by atoms with Crippen LogP contribution in [0.25, 0.3) is 10.9 Å². The molecule has 0 aliphatic rings. The highest BCUT2D eigenvalue weighted by Crippen LogP contribution is 2.17. The van der Waals surface area contributed by atoms with Crippen molar-refractivity contribution in [1.29, 1.82) is 0 Å². The summed E-state index contributed by atoms with van der Waals surface area (Å²) < 4.78 is 39.8. The first-order valence-corrected chi connectivity index (χ1v) is 7.85. The summed E-state index contributed by atoms with van der Waals surface area (Å²) in [4.78, 5) is 3.27. The molecule has 0 amide bonds. The number of benzene rings is 2. The lowest BCUT2D eigenvalue weighted by Gasteiger charge is -2.05. The van der Waals surface area contributed by atoms with Gasteiger partial charge in [0, 0.05) is 16.6 Å². The largest absolute Gasteiger partial charge is 0.357 e. The molecule has 0 bridgehead atoms. The highest BCUT2D eigenvalue weighted by atomic mass is 32.2. The van der Waals surface area contributed by atoms with Crippen LogP contribution in [0.5, 0.6) is 0 Å². The van der Waals surface area contributed by atoms with Crippen LogP contribution in [0, 0.1) is 5.82 Å². The number of aromatic nitrogens is 1. The van der Waals surface area contributed by atoms with Crippen LogP contribution in [-0.4, -0.2) is 13.4 Å². The van der Waals surface area contributed by atoms with E-state index in [1.807, 2.05) is 0 Å². The molecule has 0 aliphatic carbocycles. The molecule has 2 aromatic carbocycles. The third kappa shape index (κ3) is 2.96. The van der Waals surface area contributed by atoms with E-state index in [1.165, 1.54) is 24.3 Å². The van der Waals surface area contributed by atoms with Crippen LogP contribution in [-0.2, 0) is 16.6 Å². The summed E-state index contributed by atoms with van der Waals surface area (Å²) in [5.41, 5.74) is 1.44. The number of hydrogen-bond donors (Lipinski definition) is 2. The van der Waals surface area contributed by atoms with Gasteiger partial charge < -0.3 is 4.98 Å². The average molecular weight is 304 g/mol. The zero-order valence-electron chi connectivity index (χ0n) is 11.0. The van der Waals surface area contributed by atoms with Gasteiger partial charge in [0.1, 0.15) is 5.82 Å². The van der Waals surface area contributed by atoms with Crippen LogP contribution in [0.4, 0.5) is 4.39 Å². The number of sulfonamides is 1. The van der Waals surface area contributed by atoms with E-state index in [2.05, 4.69) is 9.71 Å². The van der Waals surface area contributed by atoms with Crippen molar-refractivity contribution in [3.63, 3.8) is 0 Å². The van der Waals surface area contributed by atoms with Crippen molar-refractivity contribution in [2.24, 2.45) is 0 Å². The van der Waals surface area contributed by atoms with Crippen LogP contribution < -0.4 is 4.72 Å². The van der Waals surface area contributed by atoms with Gasteiger partial charge in [-0.05, 0) is 36.4 Å². The Morgan fingerprint density at radius 1 is 1.05 bits per heavy atom. The van der Waals surface area contributed by atoms with Crippen molar-refractivity contribution in [2.75, 3.05) is 0 Å². The summed E-state index contributed by atoms with van der Waals surface area (Å²) in [6.45, 7) is 0.119. The molecule has 21 heavy (non-hydrogen) atoms. The Morgan fingerprint density at radius 3 is 2.57 bits per heavy atom. The summed E-state index contributed by atoms with van der Waals surface area (Å²) in [5, 5.41) is 0.712. The van der Waals surface area contributed by atoms with Crippen molar-refractivity contribution in [3.05, 3.63) is 66.1 Å². The minimum atomic E-state index is -3.55. The molecule has 0 spiro atoms. The van der Waals surface area contributed by atoms with E-state index in [0.717, 1.165) is 5.52 Å². The number of nitrogens with one attached hydrogen (secondary N) is 2. The summed E-state index contributed by atoms with van der Waals surface area (Å²) in [6.07, 6.45) is 0. The first kappa shape index (κ1) is 13.8. The Kier molecular flexibility index (Phi) is 3.48. The fourth-order valence-electron chi connectivity index (χ4n) is 2.11. The Hall–Kier alpha value is -2.18.